The summed E-state index contributed by atoms with van der Waals surface area (Å²) in [5.41, 5.74) is 7.18. The van der Waals surface area contributed by atoms with Crippen molar-refractivity contribution >= 4 is 8.80 Å². The summed E-state index contributed by atoms with van der Waals surface area (Å²) in [6.07, 6.45) is 0.665. The molecular weight excluding hydrogens is 372 g/mol. The Morgan fingerprint density at radius 1 is 1.32 bits per heavy atom. The van der Waals surface area contributed by atoms with Gasteiger partial charge in [-0.25, -0.2) is 4.79 Å². The second kappa shape index (κ2) is 8.31. The largest absolute Gasteiger partial charge is 0.475 e. The van der Waals surface area contributed by atoms with Gasteiger partial charge in [-0.3, -0.25) is 4.57 Å². The van der Waals surface area contributed by atoms with Crippen LogP contribution in [0.25, 0.3) is 11.3 Å². The number of benzene rings is 1. The molecule has 0 aliphatic carbocycles. The molecule has 2 aliphatic rings. The maximum absolute atomic E-state index is 12.5. The Kier molecular flexibility index (Phi) is 5.62. The minimum atomic E-state index is -0.910. The molecule has 28 heavy (non-hydrogen) atoms. The molecule has 2 aliphatic heterocycles. The third-order valence-corrected chi connectivity index (χ3v) is 5.50. The smallest absolute Gasteiger partial charge is 0.351 e. The minimum Gasteiger partial charge on any atom is -0.475 e. The topological polar surface area (TPSA) is 62.6 Å². The molecule has 7 heteroatoms. The maximum atomic E-state index is 12.5. The molecule has 3 heterocycles. The van der Waals surface area contributed by atoms with E-state index >= 15 is 0 Å². The average Bonchev–Trinajstić information content (AvgIpc) is 2.71. The Bertz CT molecular complexity index is 984. The number of ether oxygens (including phenoxy) is 3. The summed E-state index contributed by atoms with van der Waals surface area (Å²) in [5, 5.41) is 0. The van der Waals surface area contributed by atoms with Crippen LogP contribution < -0.4 is 10.4 Å². The molecule has 0 bridgehead atoms. The Hall–Kier alpha value is -2.40. The van der Waals surface area contributed by atoms with Crippen LogP contribution in [0.4, 0.5) is 0 Å². The Morgan fingerprint density at radius 3 is 3.00 bits per heavy atom. The number of hydrogen-bond acceptors (Lipinski definition) is 5. The molecule has 1 unspecified atom stereocenters. The van der Waals surface area contributed by atoms with E-state index in [1.54, 1.807) is 4.57 Å². The van der Waals surface area contributed by atoms with Crippen molar-refractivity contribution in [2.24, 2.45) is 0 Å². The van der Waals surface area contributed by atoms with Crippen LogP contribution in [-0.2, 0) is 22.4 Å². The van der Waals surface area contributed by atoms with E-state index in [2.05, 4.69) is 35.6 Å². The molecule has 0 amide bonds. The van der Waals surface area contributed by atoms with Gasteiger partial charge in [0, 0.05) is 23.7 Å². The molecule has 1 saturated heterocycles. The molecule has 2 aromatic rings. The van der Waals surface area contributed by atoms with Gasteiger partial charge in [0.25, 0.3) is 0 Å². The van der Waals surface area contributed by atoms with Gasteiger partial charge in [0.05, 0.1) is 25.5 Å². The highest BCUT2D eigenvalue weighted by molar-refractivity contribution is 6.64. The summed E-state index contributed by atoms with van der Waals surface area (Å²) >= 11 is 0. The summed E-state index contributed by atoms with van der Waals surface area (Å²) in [6, 6.07) is 8.06. The molecule has 146 valence electrons. The summed E-state index contributed by atoms with van der Waals surface area (Å²) in [5.74, 6) is 3.60. The van der Waals surface area contributed by atoms with Crippen LogP contribution in [0.3, 0.4) is 0 Å². The average molecular weight is 397 g/mol. The fraction of sp³-hybridized carbons (Fsp3) is 0.429. The molecule has 1 atom stereocenters. The van der Waals surface area contributed by atoms with Crippen molar-refractivity contribution in [2.45, 2.75) is 32.2 Å². The monoisotopic (exact) mass is 396 g/mol. The normalized spacial score (nSPS) is 18.0. The molecule has 0 spiro atoms. The van der Waals surface area contributed by atoms with Crippen molar-refractivity contribution in [1.82, 2.24) is 9.55 Å². The number of nitrogens with zero attached hydrogens (tertiary/aromatic N) is 2. The highest BCUT2D eigenvalue weighted by Crippen LogP contribution is 2.30. The lowest BCUT2D eigenvalue weighted by Gasteiger charge is -2.24. The minimum absolute atomic E-state index is 0.132. The van der Waals surface area contributed by atoms with Gasteiger partial charge in [-0.2, -0.15) is 4.98 Å². The third-order valence-electron chi connectivity index (χ3n) is 4.78. The van der Waals surface area contributed by atoms with Gasteiger partial charge < -0.3 is 14.2 Å². The first kappa shape index (κ1) is 18.9. The molecule has 0 radical (unpaired) electrons. The zero-order valence-corrected chi connectivity index (χ0v) is 17.4. The van der Waals surface area contributed by atoms with Crippen molar-refractivity contribution in [3.05, 3.63) is 45.9 Å². The summed E-state index contributed by atoms with van der Waals surface area (Å²) in [6.45, 7) is 7.03. The van der Waals surface area contributed by atoms with Gasteiger partial charge >= 0.3 is 5.69 Å². The third kappa shape index (κ3) is 4.19. The number of fused-ring (bicyclic) bond motifs is 3. The lowest BCUT2D eigenvalue weighted by Crippen LogP contribution is -2.34. The lowest BCUT2D eigenvalue weighted by molar-refractivity contribution is -0.102. The van der Waals surface area contributed by atoms with Crippen molar-refractivity contribution in [3.8, 4) is 28.6 Å². The molecule has 0 N–H and O–H groups in total. The number of aryl methyl sites for hydroxylation is 1. The SMILES string of the molecule is C[SiH](C)C#Cc1ccc2c(c1)CCn1c-2cc(OCC2COCCO2)nc1=O. The first-order valence-corrected chi connectivity index (χ1v) is 12.6. The second-order valence-corrected chi connectivity index (χ2v) is 9.94. The van der Waals surface area contributed by atoms with Gasteiger partial charge in [-0.15, -0.1) is 5.54 Å². The zero-order chi connectivity index (χ0) is 19.5. The first-order chi connectivity index (χ1) is 13.6. The Labute approximate surface area is 166 Å². The molecular formula is C21H24N2O4Si. The Morgan fingerprint density at radius 2 is 2.21 bits per heavy atom. The molecule has 0 saturated carbocycles. The molecule has 1 aromatic heterocycles. The summed E-state index contributed by atoms with van der Waals surface area (Å²) < 4.78 is 18.4. The van der Waals surface area contributed by atoms with E-state index in [0.29, 0.717) is 38.9 Å². The van der Waals surface area contributed by atoms with E-state index in [0.717, 1.165) is 23.2 Å². The molecule has 6 nitrogen and oxygen atoms in total. The lowest BCUT2D eigenvalue weighted by atomic mass is 9.96. The zero-order valence-electron chi connectivity index (χ0n) is 16.2. The van der Waals surface area contributed by atoms with Crippen LogP contribution in [0.2, 0.25) is 13.1 Å². The van der Waals surface area contributed by atoms with Crippen LogP contribution >= 0.6 is 0 Å². The molecule has 4 rings (SSSR count). The standard InChI is InChI=1S/C21H24N2O4Si/c1-28(2)10-6-15-3-4-18-16(11-15)5-7-23-19(18)12-20(22-21(23)24)27-14-17-13-25-8-9-26-17/h3-4,11-12,17,28H,5,7-9,13-14H2,1-2H3. The quantitative estimate of drug-likeness (QED) is 0.583. The van der Waals surface area contributed by atoms with Gasteiger partial charge in [0.1, 0.15) is 21.5 Å². The fourth-order valence-electron chi connectivity index (χ4n) is 3.40. The van der Waals surface area contributed by atoms with E-state index in [9.17, 15) is 4.79 Å². The summed E-state index contributed by atoms with van der Waals surface area (Å²) in [7, 11) is -0.910. The van der Waals surface area contributed by atoms with Crippen LogP contribution in [0.1, 0.15) is 11.1 Å². The summed E-state index contributed by atoms with van der Waals surface area (Å²) in [4.78, 5) is 16.6. The molecule has 1 aromatic carbocycles. The van der Waals surface area contributed by atoms with Gasteiger partial charge in [0.15, 0.2) is 0 Å². The first-order valence-electron chi connectivity index (χ1n) is 9.69. The van der Waals surface area contributed by atoms with E-state index in [4.69, 9.17) is 14.2 Å². The predicted octanol–water partition coefficient (Wildman–Crippen LogP) is 1.64. The fourth-order valence-corrected chi connectivity index (χ4v) is 3.85. The van der Waals surface area contributed by atoms with Gasteiger partial charge in [-0.05, 0) is 24.1 Å². The van der Waals surface area contributed by atoms with Crippen molar-refractivity contribution in [3.63, 3.8) is 0 Å². The highest BCUT2D eigenvalue weighted by Gasteiger charge is 2.20. The molecule has 1 fully saturated rings. The predicted molar refractivity (Wildman–Crippen MR) is 109 cm³/mol. The van der Waals surface area contributed by atoms with E-state index in [1.807, 2.05) is 18.2 Å². The van der Waals surface area contributed by atoms with Crippen molar-refractivity contribution in [1.29, 1.82) is 0 Å². The van der Waals surface area contributed by atoms with Crippen LogP contribution in [-0.4, -0.2) is 50.9 Å². The van der Waals surface area contributed by atoms with Crippen LogP contribution in [0.5, 0.6) is 5.88 Å². The van der Waals surface area contributed by atoms with E-state index in [-0.39, 0.29) is 11.8 Å². The van der Waals surface area contributed by atoms with E-state index in [1.165, 1.54) is 5.56 Å². The Balaban J connectivity index is 1.60. The maximum Gasteiger partial charge on any atom is 0.351 e. The van der Waals surface area contributed by atoms with Crippen LogP contribution in [0.15, 0.2) is 29.1 Å². The van der Waals surface area contributed by atoms with Crippen molar-refractivity contribution in [2.75, 3.05) is 26.4 Å². The van der Waals surface area contributed by atoms with Gasteiger partial charge in [0.2, 0.25) is 5.88 Å². The van der Waals surface area contributed by atoms with E-state index < -0.39 is 8.80 Å². The van der Waals surface area contributed by atoms with Crippen molar-refractivity contribution < 1.29 is 14.2 Å². The number of rotatable bonds is 3. The van der Waals surface area contributed by atoms with Crippen LogP contribution in [0, 0.1) is 11.5 Å². The number of hydrogen-bond donors (Lipinski definition) is 0. The van der Waals surface area contributed by atoms with Gasteiger partial charge in [-0.1, -0.05) is 25.1 Å². The highest BCUT2D eigenvalue weighted by atomic mass is 28.3. The second-order valence-electron chi connectivity index (χ2n) is 7.34. The number of aromatic nitrogens is 2.